The van der Waals surface area contributed by atoms with Crippen LogP contribution < -0.4 is 10.6 Å². The molecule has 0 saturated heterocycles. The average Bonchev–Trinajstić information content (AvgIpc) is 2.66. The van der Waals surface area contributed by atoms with Crippen molar-refractivity contribution in [2.24, 2.45) is 5.92 Å². The fourth-order valence-corrected chi connectivity index (χ4v) is 2.62. The van der Waals surface area contributed by atoms with Gasteiger partial charge in [0, 0.05) is 13.3 Å². The molecule has 8 nitrogen and oxygen atoms in total. The van der Waals surface area contributed by atoms with E-state index in [-0.39, 0.29) is 18.4 Å². The van der Waals surface area contributed by atoms with E-state index in [4.69, 9.17) is 0 Å². The van der Waals surface area contributed by atoms with Crippen LogP contribution in [0, 0.1) is 11.7 Å². The summed E-state index contributed by atoms with van der Waals surface area (Å²) in [5.74, 6) is -3.70. The molecule has 0 aliphatic rings. The van der Waals surface area contributed by atoms with E-state index in [1.165, 1.54) is 32.2 Å². The molecule has 1 aromatic carbocycles. The molecule has 0 aliphatic heterocycles. The second-order valence-electron chi connectivity index (χ2n) is 6.29. The first-order chi connectivity index (χ1) is 13.2. The van der Waals surface area contributed by atoms with Crippen molar-refractivity contribution in [1.82, 2.24) is 10.6 Å². The van der Waals surface area contributed by atoms with Gasteiger partial charge >= 0.3 is 11.9 Å². The quantitative estimate of drug-likeness (QED) is 0.596. The Hall–Kier alpha value is -2.97. The molecule has 2 amide bonds. The molecule has 0 aliphatic carbocycles. The lowest BCUT2D eigenvalue weighted by molar-refractivity contribution is -0.149. The summed E-state index contributed by atoms with van der Waals surface area (Å²) in [4.78, 5) is 47.8. The van der Waals surface area contributed by atoms with Crippen molar-refractivity contribution in [3.8, 4) is 0 Å². The Morgan fingerprint density at radius 1 is 1.00 bits per heavy atom. The van der Waals surface area contributed by atoms with Gasteiger partial charge in [-0.05, 0) is 18.1 Å². The first-order valence-corrected chi connectivity index (χ1v) is 8.66. The summed E-state index contributed by atoms with van der Waals surface area (Å²) in [7, 11) is 2.36. The predicted octanol–water partition coefficient (Wildman–Crippen LogP) is 0.730. The first-order valence-electron chi connectivity index (χ1n) is 8.66. The highest BCUT2D eigenvalue weighted by molar-refractivity contribution is 5.90. The zero-order valence-electron chi connectivity index (χ0n) is 16.3. The van der Waals surface area contributed by atoms with Gasteiger partial charge in [-0.15, -0.1) is 0 Å². The summed E-state index contributed by atoms with van der Waals surface area (Å²) in [6.45, 7) is 2.76. The van der Waals surface area contributed by atoms with Crippen LogP contribution in [0.4, 0.5) is 4.39 Å². The van der Waals surface area contributed by atoms with Crippen molar-refractivity contribution in [2.75, 3.05) is 14.2 Å². The number of esters is 2. The zero-order valence-corrected chi connectivity index (χ0v) is 16.3. The van der Waals surface area contributed by atoms with Crippen LogP contribution >= 0.6 is 0 Å². The second-order valence-corrected chi connectivity index (χ2v) is 6.29. The summed E-state index contributed by atoms with van der Waals surface area (Å²) < 4.78 is 23.2. The van der Waals surface area contributed by atoms with Gasteiger partial charge in [-0.2, -0.15) is 0 Å². The van der Waals surface area contributed by atoms with E-state index in [0.29, 0.717) is 0 Å². The Balaban J connectivity index is 2.97. The van der Waals surface area contributed by atoms with E-state index in [0.717, 1.165) is 7.11 Å². The fraction of sp³-hybridized carbons (Fsp3) is 0.474. The lowest BCUT2D eigenvalue weighted by Crippen LogP contribution is -2.53. The van der Waals surface area contributed by atoms with Crippen LogP contribution in [0.15, 0.2) is 24.3 Å². The highest BCUT2D eigenvalue weighted by Gasteiger charge is 2.30. The molecule has 3 atom stereocenters. The minimum Gasteiger partial charge on any atom is -0.469 e. The number of carbonyl (C=O) groups excluding carboxylic acids is 4. The lowest BCUT2D eigenvalue weighted by atomic mass is 10.00. The van der Waals surface area contributed by atoms with E-state index in [9.17, 15) is 23.6 Å². The number of ether oxygens (including phenoxy) is 2. The van der Waals surface area contributed by atoms with E-state index in [1.54, 1.807) is 13.0 Å². The third-order valence-corrected chi connectivity index (χ3v) is 4.07. The minimum absolute atomic E-state index is 0.0580. The number of hydrogen-bond acceptors (Lipinski definition) is 6. The minimum atomic E-state index is -1.14. The standard InChI is InChI=1S/C19H25FN2O6/c1-11(18(25)27-3)9-16(19(26)28-4)22-17(24)15(21-12(2)23)10-13-7-5-6-8-14(13)20/h5-8,11,15-16H,9-10H2,1-4H3,(H,21,23)(H,22,24)/t11-,15-,16-/m1/s1. The number of amides is 2. The van der Waals surface area contributed by atoms with Crippen LogP contribution in [0.1, 0.15) is 25.8 Å². The van der Waals surface area contributed by atoms with E-state index in [1.807, 2.05) is 0 Å². The summed E-state index contributed by atoms with van der Waals surface area (Å²) in [5.41, 5.74) is 0.231. The van der Waals surface area contributed by atoms with Gasteiger partial charge in [0.05, 0.1) is 20.1 Å². The molecule has 0 saturated carbocycles. The van der Waals surface area contributed by atoms with E-state index in [2.05, 4.69) is 20.1 Å². The molecule has 0 radical (unpaired) electrons. The lowest BCUT2D eigenvalue weighted by Gasteiger charge is -2.23. The van der Waals surface area contributed by atoms with Gasteiger partial charge in [-0.1, -0.05) is 25.1 Å². The van der Waals surface area contributed by atoms with Gasteiger partial charge in [0.15, 0.2) is 0 Å². The molecular weight excluding hydrogens is 371 g/mol. The number of nitrogens with one attached hydrogen (secondary N) is 2. The van der Waals surface area contributed by atoms with Gasteiger partial charge in [0.25, 0.3) is 0 Å². The fourth-order valence-electron chi connectivity index (χ4n) is 2.62. The molecule has 154 valence electrons. The number of benzene rings is 1. The molecule has 0 spiro atoms. The zero-order chi connectivity index (χ0) is 21.3. The molecular formula is C19H25FN2O6. The van der Waals surface area contributed by atoms with Crippen LogP contribution in [-0.4, -0.2) is 50.1 Å². The molecule has 2 N–H and O–H groups in total. The van der Waals surface area contributed by atoms with Crippen molar-refractivity contribution in [3.05, 3.63) is 35.6 Å². The third kappa shape index (κ3) is 6.98. The largest absolute Gasteiger partial charge is 0.469 e. The van der Waals surface area contributed by atoms with Crippen LogP contribution in [0.2, 0.25) is 0 Å². The van der Waals surface area contributed by atoms with Crippen LogP contribution in [-0.2, 0) is 35.1 Å². The number of rotatable bonds is 9. The van der Waals surface area contributed by atoms with Crippen molar-refractivity contribution in [1.29, 1.82) is 0 Å². The Labute approximate surface area is 162 Å². The van der Waals surface area contributed by atoms with Crippen molar-refractivity contribution < 1.29 is 33.0 Å². The molecule has 0 heterocycles. The Kier molecular flexibility index (Phi) is 9.07. The Morgan fingerprint density at radius 2 is 1.61 bits per heavy atom. The molecule has 0 fully saturated rings. The number of methoxy groups -OCH3 is 2. The molecule has 1 rings (SSSR count). The highest BCUT2D eigenvalue weighted by atomic mass is 19.1. The van der Waals surface area contributed by atoms with Crippen LogP contribution in [0.25, 0.3) is 0 Å². The van der Waals surface area contributed by atoms with Gasteiger partial charge in [0.2, 0.25) is 11.8 Å². The van der Waals surface area contributed by atoms with E-state index < -0.39 is 47.6 Å². The maximum atomic E-state index is 13.9. The highest BCUT2D eigenvalue weighted by Crippen LogP contribution is 2.12. The summed E-state index contributed by atoms with van der Waals surface area (Å²) in [6, 6.07) is 3.60. The van der Waals surface area contributed by atoms with Crippen molar-refractivity contribution in [2.45, 2.75) is 38.8 Å². The van der Waals surface area contributed by atoms with Crippen LogP contribution in [0.5, 0.6) is 0 Å². The molecule has 9 heteroatoms. The van der Waals surface area contributed by atoms with Crippen molar-refractivity contribution >= 4 is 23.8 Å². The molecule has 1 aromatic rings. The maximum Gasteiger partial charge on any atom is 0.328 e. The maximum absolute atomic E-state index is 13.9. The predicted molar refractivity (Wildman–Crippen MR) is 97.5 cm³/mol. The monoisotopic (exact) mass is 396 g/mol. The second kappa shape index (κ2) is 11.0. The average molecular weight is 396 g/mol. The van der Waals surface area contributed by atoms with Gasteiger partial charge in [-0.3, -0.25) is 14.4 Å². The Bertz CT molecular complexity index is 724. The van der Waals surface area contributed by atoms with Gasteiger partial charge in [0.1, 0.15) is 17.9 Å². The molecule has 28 heavy (non-hydrogen) atoms. The number of halogens is 1. The molecule has 0 unspecified atom stereocenters. The van der Waals surface area contributed by atoms with E-state index >= 15 is 0 Å². The number of carbonyl (C=O) groups is 4. The van der Waals surface area contributed by atoms with Gasteiger partial charge in [-0.25, -0.2) is 9.18 Å². The molecule has 0 bridgehead atoms. The summed E-state index contributed by atoms with van der Waals surface area (Å²) in [6.07, 6.45) is -0.171. The molecule has 0 aromatic heterocycles. The normalized spacial score (nSPS) is 13.6. The number of hydrogen-bond donors (Lipinski definition) is 2. The first kappa shape index (κ1) is 23.1. The van der Waals surface area contributed by atoms with Gasteiger partial charge < -0.3 is 20.1 Å². The van der Waals surface area contributed by atoms with Crippen LogP contribution in [0.3, 0.4) is 0 Å². The van der Waals surface area contributed by atoms with Crippen molar-refractivity contribution in [3.63, 3.8) is 0 Å². The Morgan fingerprint density at radius 3 is 2.14 bits per heavy atom. The SMILES string of the molecule is COC(=O)[C@H](C)C[C@@H](NC(=O)[C@@H](Cc1ccccc1F)NC(C)=O)C(=O)OC. The summed E-state index contributed by atoms with van der Waals surface area (Å²) in [5, 5.41) is 4.91. The topological polar surface area (TPSA) is 111 Å². The smallest absolute Gasteiger partial charge is 0.328 e. The summed E-state index contributed by atoms with van der Waals surface area (Å²) >= 11 is 0. The third-order valence-electron chi connectivity index (χ3n) is 4.07.